The van der Waals surface area contributed by atoms with Crippen LogP contribution in [0.15, 0.2) is 72.9 Å². The fourth-order valence-corrected chi connectivity index (χ4v) is 3.76. The van der Waals surface area contributed by atoms with Crippen LogP contribution in [-0.2, 0) is 14.4 Å². The summed E-state index contributed by atoms with van der Waals surface area (Å²) in [5, 5.41) is 5.62. The summed E-state index contributed by atoms with van der Waals surface area (Å²) in [6.45, 7) is 5.68. The highest BCUT2D eigenvalue weighted by Gasteiger charge is 2.34. The number of carbonyl (C=O) groups excluding carboxylic acids is 3. The Hall–Kier alpha value is -4.20. The number of rotatable bonds is 10. The minimum absolute atomic E-state index is 0.0759. The van der Waals surface area contributed by atoms with Crippen molar-refractivity contribution in [3.63, 3.8) is 0 Å². The summed E-state index contributed by atoms with van der Waals surface area (Å²) in [5.74, 6) is -0.213. The first kappa shape index (κ1) is 26.4. The fourth-order valence-electron chi connectivity index (χ4n) is 3.76. The van der Waals surface area contributed by atoms with Crippen molar-refractivity contribution < 1.29 is 19.1 Å². The number of pyridine rings is 1. The van der Waals surface area contributed by atoms with Gasteiger partial charge in [0, 0.05) is 25.1 Å². The lowest BCUT2D eigenvalue weighted by molar-refractivity contribution is -0.127. The van der Waals surface area contributed by atoms with Crippen molar-refractivity contribution in [1.82, 2.24) is 10.3 Å². The molecule has 0 aliphatic heterocycles. The van der Waals surface area contributed by atoms with E-state index in [4.69, 9.17) is 4.74 Å². The number of nitrogens with one attached hydrogen (secondary N) is 2. The van der Waals surface area contributed by atoms with Gasteiger partial charge in [-0.05, 0) is 50.6 Å². The number of carbonyl (C=O) groups is 3. The number of amides is 3. The molecule has 0 saturated heterocycles. The molecule has 1 heterocycles. The molecule has 3 aromatic rings. The molecule has 36 heavy (non-hydrogen) atoms. The first-order valence-corrected chi connectivity index (χ1v) is 11.8. The van der Waals surface area contributed by atoms with E-state index in [1.54, 1.807) is 48.7 Å². The minimum Gasteiger partial charge on any atom is -0.495 e. The number of anilines is 2. The molecule has 2 aromatic carbocycles. The second kappa shape index (κ2) is 12.5. The topological polar surface area (TPSA) is 101 Å². The van der Waals surface area contributed by atoms with E-state index < -0.39 is 6.04 Å². The van der Waals surface area contributed by atoms with Crippen molar-refractivity contribution in [2.45, 2.75) is 45.7 Å². The predicted molar refractivity (Wildman–Crippen MR) is 140 cm³/mol. The number of nitrogens with zero attached hydrogens (tertiary/aromatic N) is 2. The number of aryl methyl sites for hydroxylation is 1. The van der Waals surface area contributed by atoms with Crippen LogP contribution in [0, 0.1) is 6.92 Å². The van der Waals surface area contributed by atoms with Crippen LogP contribution >= 0.6 is 0 Å². The van der Waals surface area contributed by atoms with E-state index in [1.165, 1.54) is 12.0 Å². The van der Waals surface area contributed by atoms with Gasteiger partial charge in [-0.3, -0.25) is 19.3 Å². The monoisotopic (exact) mass is 488 g/mol. The Morgan fingerprint density at radius 1 is 0.944 bits per heavy atom. The van der Waals surface area contributed by atoms with E-state index in [9.17, 15) is 14.4 Å². The molecule has 8 nitrogen and oxygen atoms in total. The highest BCUT2D eigenvalue weighted by molar-refractivity contribution is 6.04. The van der Waals surface area contributed by atoms with Gasteiger partial charge in [0.2, 0.25) is 17.7 Å². The molecule has 188 valence electrons. The Kier molecular flexibility index (Phi) is 9.16. The highest BCUT2D eigenvalue weighted by atomic mass is 16.5. The molecule has 0 bridgehead atoms. The number of benzene rings is 2. The molecule has 1 atom stereocenters. The Balaban J connectivity index is 1.97. The van der Waals surface area contributed by atoms with Gasteiger partial charge in [0.25, 0.3) is 0 Å². The van der Waals surface area contributed by atoms with Crippen LogP contribution in [0.25, 0.3) is 0 Å². The van der Waals surface area contributed by atoms with Gasteiger partial charge >= 0.3 is 0 Å². The molecule has 0 aliphatic rings. The number of methoxy groups -OCH3 is 1. The number of para-hydroxylation sites is 2. The smallest absolute Gasteiger partial charge is 0.248 e. The molecular formula is C28H32N4O4. The lowest BCUT2D eigenvalue weighted by Crippen LogP contribution is -2.46. The van der Waals surface area contributed by atoms with Gasteiger partial charge in [-0.2, -0.15) is 0 Å². The van der Waals surface area contributed by atoms with Crippen LogP contribution in [0.5, 0.6) is 5.75 Å². The normalized spacial score (nSPS) is 11.5. The standard InChI is InChI=1S/C28H32N4O4/c1-19(2)30-28(35)27(21-14-12-20(3)13-15-21)32(22-9-5-6-10-23(22)36-4)26(34)17-16-25(33)31-24-11-7-8-18-29-24/h5-15,18-19,27H,16-17H2,1-4H3,(H,30,35)(H,29,31,33)/t27-/m1/s1. The van der Waals surface area contributed by atoms with Crippen molar-refractivity contribution in [3.8, 4) is 5.75 Å². The molecule has 1 aromatic heterocycles. The van der Waals surface area contributed by atoms with Gasteiger partial charge < -0.3 is 15.4 Å². The average Bonchev–Trinajstić information content (AvgIpc) is 2.86. The number of hydrogen-bond donors (Lipinski definition) is 2. The molecule has 0 radical (unpaired) electrons. The number of ether oxygens (including phenoxy) is 1. The van der Waals surface area contributed by atoms with Crippen molar-refractivity contribution in [2.24, 2.45) is 0 Å². The van der Waals surface area contributed by atoms with E-state index >= 15 is 0 Å². The predicted octanol–water partition coefficient (Wildman–Crippen LogP) is 4.42. The Labute approximate surface area is 211 Å². The average molecular weight is 489 g/mol. The molecule has 0 fully saturated rings. The van der Waals surface area contributed by atoms with E-state index in [0.717, 1.165) is 5.56 Å². The van der Waals surface area contributed by atoms with E-state index in [2.05, 4.69) is 15.6 Å². The fraction of sp³-hybridized carbons (Fsp3) is 0.286. The summed E-state index contributed by atoms with van der Waals surface area (Å²) >= 11 is 0. The molecule has 3 amide bonds. The molecule has 3 rings (SSSR count). The molecule has 0 aliphatic carbocycles. The molecule has 0 unspecified atom stereocenters. The summed E-state index contributed by atoms with van der Waals surface area (Å²) in [5.41, 5.74) is 2.12. The maximum Gasteiger partial charge on any atom is 0.248 e. The summed E-state index contributed by atoms with van der Waals surface area (Å²) in [6, 6.07) is 18.6. The van der Waals surface area contributed by atoms with Crippen LogP contribution in [0.3, 0.4) is 0 Å². The maximum atomic E-state index is 13.7. The van der Waals surface area contributed by atoms with Gasteiger partial charge in [-0.1, -0.05) is 48.0 Å². The third kappa shape index (κ3) is 6.91. The van der Waals surface area contributed by atoms with Crippen molar-refractivity contribution >= 4 is 29.2 Å². The lowest BCUT2D eigenvalue weighted by atomic mass is 10.0. The first-order valence-electron chi connectivity index (χ1n) is 11.8. The second-order valence-corrected chi connectivity index (χ2v) is 8.68. The van der Waals surface area contributed by atoms with Gasteiger partial charge in [-0.15, -0.1) is 0 Å². The van der Waals surface area contributed by atoms with Gasteiger partial charge in [0.1, 0.15) is 17.6 Å². The van der Waals surface area contributed by atoms with Crippen LogP contribution in [-0.4, -0.2) is 35.9 Å². The molecule has 0 spiro atoms. The summed E-state index contributed by atoms with van der Waals surface area (Å²) < 4.78 is 5.53. The molecule has 8 heteroatoms. The van der Waals surface area contributed by atoms with Crippen LogP contribution < -0.4 is 20.3 Å². The zero-order valence-electron chi connectivity index (χ0n) is 21.0. The molecule has 0 saturated carbocycles. The minimum atomic E-state index is -0.962. The third-order valence-corrected chi connectivity index (χ3v) is 5.44. The molecule has 2 N–H and O–H groups in total. The summed E-state index contributed by atoms with van der Waals surface area (Å²) in [4.78, 5) is 45.3. The van der Waals surface area contributed by atoms with E-state index in [-0.39, 0.29) is 36.6 Å². The van der Waals surface area contributed by atoms with E-state index in [1.807, 2.05) is 45.0 Å². The van der Waals surface area contributed by atoms with Gasteiger partial charge in [-0.25, -0.2) is 4.98 Å². The second-order valence-electron chi connectivity index (χ2n) is 8.68. The van der Waals surface area contributed by atoms with Crippen LogP contribution in [0.4, 0.5) is 11.5 Å². The van der Waals surface area contributed by atoms with Gasteiger partial charge in [0.15, 0.2) is 0 Å². The van der Waals surface area contributed by atoms with Crippen molar-refractivity contribution in [2.75, 3.05) is 17.3 Å². The Morgan fingerprint density at radius 2 is 1.64 bits per heavy atom. The Bertz CT molecular complexity index is 1180. The van der Waals surface area contributed by atoms with E-state index in [0.29, 0.717) is 22.8 Å². The van der Waals surface area contributed by atoms with Crippen LogP contribution in [0.2, 0.25) is 0 Å². The van der Waals surface area contributed by atoms with Crippen molar-refractivity contribution in [3.05, 3.63) is 84.1 Å². The van der Waals surface area contributed by atoms with Crippen LogP contribution in [0.1, 0.15) is 43.9 Å². The zero-order valence-corrected chi connectivity index (χ0v) is 21.0. The zero-order chi connectivity index (χ0) is 26.1. The summed E-state index contributed by atoms with van der Waals surface area (Å²) in [6.07, 6.45) is 1.38. The lowest BCUT2D eigenvalue weighted by Gasteiger charge is -2.33. The first-order chi connectivity index (χ1) is 17.3. The largest absolute Gasteiger partial charge is 0.495 e. The Morgan fingerprint density at radius 3 is 2.28 bits per heavy atom. The third-order valence-electron chi connectivity index (χ3n) is 5.44. The molecular weight excluding hydrogens is 456 g/mol. The SMILES string of the molecule is COc1ccccc1N(C(=O)CCC(=O)Nc1ccccn1)[C@@H](C(=O)NC(C)C)c1ccc(C)cc1. The van der Waals surface area contributed by atoms with Crippen molar-refractivity contribution in [1.29, 1.82) is 0 Å². The number of hydrogen-bond acceptors (Lipinski definition) is 5. The number of aromatic nitrogens is 1. The highest BCUT2D eigenvalue weighted by Crippen LogP contribution is 2.35. The summed E-state index contributed by atoms with van der Waals surface area (Å²) in [7, 11) is 1.51. The quantitative estimate of drug-likeness (QED) is 0.440. The maximum absolute atomic E-state index is 13.7. The van der Waals surface area contributed by atoms with Gasteiger partial charge in [0.05, 0.1) is 12.8 Å².